The zero-order chi connectivity index (χ0) is 23.8. The molecule has 0 aliphatic heterocycles. The van der Waals surface area contributed by atoms with E-state index in [4.69, 9.17) is 0 Å². The molecular formula is C32H33BrN2. The molecule has 0 bridgehead atoms. The van der Waals surface area contributed by atoms with E-state index in [0.29, 0.717) is 0 Å². The Morgan fingerprint density at radius 3 is 1.60 bits per heavy atom. The first-order chi connectivity index (χ1) is 16.5. The molecule has 2 nitrogen and oxygen atoms in total. The molecule has 4 aromatic carbocycles. The van der Waals surface area contributed by atoms with Gasteiger partial charge in [0.25, 0.3) is 0 Å². The highest BCUT2D eigenvalue weighted by Crippen LogP contribution is 2.30. The van der Waals surface area contributed by atoms with Gasteiger partial charge in [-0.05, 0) is 80.1 Å². The van der Waals surface area contributed by atoms with Crippen LogP contribution in [0.1, 0.15) is 50.5 Å². The molecule has 1 aromatic heterocycles. The number of hydrogen-bond donors (Lipinski definition) is 0. The van der Waals surface area contributed by atoms with Gasteiger partial charge in [-0.15, -0.1) is 0 Å². The van der Waals surface area contributed by atoms with Crippen LogP contribution in [0.5, 0.6) is 0 Å². The standard InChI is InChI=1S/C32H33N2.BrH/c1-22-23(2)25(4)29(26(5)24(22)3)20-33-21-34(31-19-13-12-18-30(31)33)32(27-14-8-6-9-15-27)28-16-10-7-11-17-28;/h6-19,21,32H,20H2,1-5H3;1H/q+1;/p-1. The lowest BCUT2D eigenvalue weighted by molar-refractivity contribution is -0.663. The van der Waals surface area contributed by atoms with Crippen molar-refractivity contribution in [3.63, 3.8) is 0 Å². The monoisotopic (exact) mass is 524 g/mol. The van der Waals surface area contributed by atoms with E-state index in [1.54, 1.807) is 0 Å². The fraction of sp³-hybridized carbons (Fsp3) is 0.219. The summed E-state index contributed by atoms with van der Waals surface area (Å²) >= 11 is 0. The van der Waals surface area contributed by atoms with Gasteiger partial charge < -0.3 is 17.0 Å². The second-order valence-electron chi connectivity index (χ2n) is 9.47. The van der Waals surface area contributed by atoms with Gasteiger partial charge in [-0.2, -0.15) is 0 Å². The number of halogens is 1. The summed E-state index contributed by atoms with van der Waals surface area (Å²) in [7, 11) is 0. The van der Waals surface area contributed by atoms with Crippen LogP contribution in [0.15, 0.2) is 91.3 Å². The second-order valence-corrected chi connectivity index (χ2v) is 9.47. The van der Waals surface area contributed by atoms with Gasteiger partial charge in [-0.1, -0.05) is 72.8 Å². The minimum atomic E-state index is 0. The quantitative estimate of drug-likeness (QED) is 0.305. The molecule has 5 aromatic rings. The van der Waals surface area contributed by atoms with Crippen molar-refractivity contribution < 1.29 is 21.5 Å². The van der Waals surface area contributed by atoms with Gasteiger partial charge in [0.15, 0.2) is 17.1 Å². The van der Waals surface area contributed by atoms with Crippen molar-refractivity contribution in [2.45, 2.75) is 47.2 Å². The maximum absolute atomic E-state index is 2.44. The van der Waals surface area contributed by atoms with Gasteiger partial charge >= 0.3 is 0 Å². The van der Waals surface area contributed by atoms with Crippen molar-refractivity contribution in [3.8, 4) is 0 Å². The predicted molar refractivity (Wildman–Crippen MR) is 141 cm³/mol. The Labute approximate surface area is 219 Å². The first-order valence-electron chi connectivity index (χ1n) is 12.1. The number of nitrogens with zero attached hydrogens (tertiary/aromatic N) is 2. The maximum atomic E-state index is 2.44. The molecule has 5 rings (SSSR count). The Hall–Kier alpha value is -3.17. The largest absolute Gasteiger partial charge is 1.00 e. The van der Waals surface area contributed by atoms with Crippen LogP contribution in [0.4, 0.5) is 0 Å². The van der Waals surface area contributed by atoms with E-state index < -0.39 is 0 Å². The van der Waals surface area contributed by atoms with Crippen molar-refractivity contribution in [3.05, 3.63) is 136 Å². The molecule has 0 radical (unpaired) electrons. The first-order valence-corrected chi connectivity index (χ1v) is 12.1. The zero-order valence-corrected chi connectivity index (χ0v) is 22.8. The lowest BCUT2D eigenvalue weighted by Crippen LogP contribution is -3.00. The number of benzene rings is 4. The van der Waals surface area contributed by atoms with Crippen molar-refractivity contribution in [1.82, 2.24) is 4.57 Å². The third kappa shape index (κ3) is 4.46. The van der Waals surface area contributed by atoms with Crippen molar-refractivity contribution in [2.75, 3.05) is 0 Å². The van der Waals surface area contributed by atoms with Crippen LogP contribution in [-0.2, 0) is 6.54 Å². The van der Waals surface area contributed by atoms with Gasteiger partial charge in [-0.3, -0.25) is 0 Å². The zero-order valence-electron chi connectivity index (χ0n) is 21.2. The number of aromatic nitrogens is 2. The minimum absolute atomic E-state index is 0. The van der Waals surface area contributed by atoms with Gasteiger partial charge in [0.2, 0.25) is 6.33 Å². The van der Waals surface area contributed by atoms with Crippen LogP contribution < -0.4 is 21.5 Å². The molecule has 1 heterocycles. The Balaban J connectivity index is 0.00000289. The summed E-state index contributed by atoms with van der Waals surface area (Å²) in [6.45, 7) is 12.2. The molecule has 0 unspecified atom stereocenters. The Morgan fingerprint density at radius 2 is 1.06 bits per heavy atom. The fourth-order valence-corrected chi connectivity index (χ4v) is 5.30. The van der Waals surface area contributed by atoms with Crippen LogP contribution >= 0.6 is 0 Å². The van der Waals surface area contributed by atoms with Crippen LogP contribution in [0.2, 0.25) is 0 Å². The molecule has 178 valence electrons. The molecule has 0 saturated heterocycles. The molecule has 0 aliphatic carbocycles. The highest BCUT2D eigenvalue weighted by Gasteiger charge is 2.27. The van der Waals surface area contributed by atoms with Crippen LogP contribution in [0, 0.1) is 34.6 Å². The molecule has 0 aliphatic rings. The summed E-state index contributed by atoms with van der Waals surface area (Å²) in [5.41, 5.74) is 13.6. The van der Waals surface area contributed by atoms with Crippen LogP contribution in [0.25, 0.3) is 11.0 Å². The first kappa shape index (κ1) is 24.9. The minimum Gasteiger partial charge on any atom is -1.00 e. The second kappa shape index (κ2) is 10.2. The van der Waals surface area contributed by atoms with Gasteiger partial charge in [0, 0.05) is 11.1 Å². The number of rotatable bonds is 5. The van der Waals surface area contributed by atoms with Crippen molar-refractivity contribution >= 4 is 11.0 Å². The van der Waals surface area contributed by atoms with Crippen LogP contribution in [-0.4, -0.2) is 4.57 Å². The normalized spacial score (nSPS) is 11.1. The van der Waals surface area contributed by atoms with Crippen molar-refractivity contribution in [2.24, 2.45) is 0 Å². The predicted octanol–water partition coefficient (Wildman–Crippen LogP) is 4.16. The molecule has 0 amide bonds. The van der Waals surface area contributed by atoms with Gasteiger partial charge in [0.05, 0.1) is 0 Å². The molecule has 0 atom stereocenters. The number of para-hydroxylation sites is 2. The molecule has 3 heteroatoms. The van der Waals surface area contributed by atoms with Crippen molar-refractivity contribution in [1.29, 1.82) is 0 Å². The lowest BCUT2D eigenvalue weighted by atomic mass is 9.89. The number of imidazole rings is 1. The average molecular weight is 526 g/mol. The van der Waals surface area contributed by atoms with E-state index in [-0.39, 0.29) is 23.0 Å². The summed E-state index contributed by atoms with van der Waals surface area (Å²) in [5.74, 6) is 0. The third-order valence-electron chi connectivity index (χ3n) is 7.73. The summed E-state index contributed by atoms with van der Waals surface area (Å²) in [6.07, 6.45) is 2.32. The Kier molecular flexibility index (Phi) is 7.28. The van der Waals surface area contributed by atoms with E-state index in [0.717, 1.165) is 6.54 Å². The highest BCUT2D eigenvalue weighted by molar-refractivity contribution is 5.72. The van der Waals surface area contributed by atoms with E-state index >= 15 is 0 Å². The lowest BCUT2D eigenvalue weighted by Gasteiger charge is -2.18. The van der Waals surface area contributed by atoms with Gasteiger partial charge in [-0.25, -0.2) is 9.13 Å². The molecule has 0 N–H and O–H groups in total. The number of hydrogen-bond acceptors (Lipinski definition) is 0. The van der Waals surface area contributed by atoms with E-state index in [1.807, 2.05) is 0 Å². The summed E-state index contributed by atoms with van der Waals surface area (Å²) in [5, 5.41) is 0. The smallest absolute Gasteiger partial charge is 0.245 e. The summed E-state index contributed by atoms with van der Waals surface area (Å²) in [6, 6.07) is 30.5. The van der Waals surface area contributed by atoms with E-state index in [9.17, 15) is 0 Å². The van der Waals surface area contributed by atoms with Crippen LogP contribution in [0.3, 0.4) is 0 Å². The molecule has 0 spiro atoms. The fourth-order valence-electron chi connectivity index (χ4n) is 5.30. The maximum Gasteiger partial charge on any atom is 0.245 e. The average Bonchev–Trinajstić information content (AvgIpc) is 3.24. The Morgan fingerprint density at radius 1 is 0.600 bits per heavy atom. The van der Waals surface area contributed by atoms with Gasteiger partial charge in [0.1, 0.15) is 6.54 Å². The SMILES string of the molecule is Cc1c(C)c(C)c(C[n+]2cn(C(c3ccccc3)c3ccccc3)c3ccccc32)c(C)c1C.[Br-]. The number of fused-ring (bicyclic) bond motifs is 1. The third-order valence-corrected chi connectivity index (χ3v) is 7.73. The van der Waals surface area contributed by atoms with E-state index in [1.165, 1.54) is 55.5 Å². The van der Waals surface area contributed by atoms with E-state index in [2.05, 4.69) is 135 Å². The highest BCUT2D eigenvalue weighted by atomic mass is 79.9. The molecular weight excluding hydrogens is 492 g/mol. The summed E-state index contributed by atoms with van der Waals surface area (Å²) < 4.78 is 4.87. The molecule has 35 heavy (non-hydrogen) atoms. The topological polar surface area (TPSA) is 8.81 Å². The Bertz CT molecular complexity index is 1400. The summed E-state index contributed by atoms with van der Waals surface area (Å²) in [4.78, 5) is 0. The molecule has 0 fully saturated rings. The molecule has 0 saturated carbocycles.